The number of anilines is 2. The third kappa shape index (κ3) is 4.37. The minimum Gasteiger partial charge on any atom is -0.497 e. The molecule has 2 aromatic rings. The van der Waals surface area contributed by atoms with E-state index in [0.717, 1.165) is 11.3 Å². The van der Waals surface area contributed by atoms with Crippen LogP contribution in [0.3, 0.4) is 0 Å². The van der Waals surface area contributed by atoms with E-state index in [1.54, 1.807) is 31.4 Å². The Balaban J connectivity index is 2.07. The van der Waals surface area contributed by atoms with Crippen molar-refractivity contribution >= 4 is 17.3 Å². The lowest BCUT2D eigenvalue weighted by atomic mass is 10.1. The van der Waals surface area contributed by atoms with Crippen LogP contribution in [0.4, 0.5) is 11.4 Å². The molecule has 24 heavy (non-hydrogen) atoms. The topological polar surface area (TPSA) is 74.1 Å². The number of rotatable bonds is 5. The molecule has 5 nitrogen and oxygen atoms in total. The number of methoxy groups -OCH3 is 1. The maximum Gasteiger partial charge on any atom is 0.267 e. The van der Waals surface area contributed by atoms with E-state index in [-0.39, 0.29) is 5.57 Å². The summed E-state index contributed by atoms with van der Waals surface area (Å²) in [4.78, 5) is 12.2. The van der Waals surface area contributed by atoms with E-state index in [1.165, 1.54) is 11.8 Å². The standard InChI is InChI=1S/C19H19N3O2/c1-13-4-5-17(10-14(13)2)21-12-15(11-20)19(23)22-16-6-8-18(24-3)9-7-16/h4-10,12,21H,1-3H3,(H,22,23)/b15-12-. The van der Waals surface area contributed by atoms with Gasteiger partial charge >= 0.3 is 0 Å². The molecule has 0 aliphatic heterocycles. The van der Waals surface area contributed by atoms with Crippen molar-refractivity contribution in [2.24, 2.45) is 0 Å². The number of hydrogen-bond donors (Lipinski definition) is 2. The molecule has 0 fully saturated rings. The Morgan fingerprint density at radius 2 is 1.75 bits per heavy atom. The lowest BCUT2D eigenvalue weighted by molar-refractivity contribution is -0.112. The summed E-state index contributed by atoms with van der Waals surface area (Å²) in [5.41, 5.74) is 3.72. The van der Waals surface area contributed by atoms with Crippen molar-refractivity contribution < 1.29 is 9.53 Å². The zero-order valence-corrected chi connectivity index (χ0v) is 13.9. The van der Waals surface area contributed by atoms with Crippen molar-refractivity contribution in [3.05, 3.63) is 65.4 Å². The number of benzene rings is 2. The molecule has 0 aliphatic rings. The van der Waals surface area contributed by atoms with Gasteiger partial charge in [0, 0.05) is 17.6 Å². The van der Waals surface area contributed by atoms with Crippen LogP contribution in [0.5, 0.6) is 5.75 Å². The molecule has 0 radical (unpaired) electrons. The fraction of sp³-hybridized carbons (Fsp3) is 0.158. The molecule has 0 bridgehead atoms. The normalized spacial score (nSPS) is 10.7. The molecule has 1 amide bonds. The third-order valence-electron chi connectivity index (χ3n) is 3.60. The zero-order valence-electron chi connectivity index (χ0n) is 13.9. The minimum atomic E-state index is -0.473. The molecule has 5 heteroatoms. The average molecular weight is 321 g/mol. The van der Waals surface area contributed by atoms with Crippen LogP contribution in [0.2, 0.25) is 0 Å². The van der Waals surface area contributed by atoms with Crippen LogP contribution in [-0.4, -0.2) is 13.0 Å². The van der Waals surface area contributed by atoms with Gasteiger partial charge in [-0.15, -0.1) is 0 Å². The summed E-state index contributed by atoms with van der Waals surface area (Å²) in [6.45, 7) is 4.03. The van der Waals surface area contributed by atoms with Crippen LogP contribution in [-0.2, 0) is 4.79 Å². The van der Waals surface area contributed by atoms with Gasteiger partial charge in [-0.1, -0.05) is 6.07 Å². The van der Waals surface area contributed by atoms with Gasteiger partial charge < -0.3 is 15.4 Å². The Morgan fingerprint density at radius 1 is 1.08 bits per heavy atom. The quantitative estimate of drug-likeness (QED) is 0.649. The second-order valence-corrected chi connectivity index (χ2v) is 5.30. The molecule has 0 saturated heterocycles. The molecule has 0 unspecified atom stereocenters. The van der Waals surface area contributed by atoms with Crippen molar-refractivity contribution in [1.29, 1.82) is 5.26 Å². The Bertz CT molecular complexity index is 802. The molecule has 122 valence electrons. The van der Waals surface area contributed by atoms with Crippen molar-refractivity contribution in [3.63, 3.8) is 0 Å². The molecule has 2 rings (SSSR count). The number of nitrogens with one attached hydrogen (secondary N) is 2. The van der Waals surface area contributed by atoms with E-state index < -0.39 is 5.91 Å². The van der Waals surface area contributed by atoms with Crippen LogP contribution in [0.25, 0.3) is 0 Å². The maximum atomic E-state index is 12.2. The zero-order chi connectivity index (χ0) is 17.5. The first-order valence-corrected chi connectivity index (χ1v) is 7.43. The first-order chi connectivity index (χ1) is 11.5. The first-order valence-electron chi connectivity index (χ1n) is 7.43. The van der Waals surface area contributed by atoms with Gasteiger partial charge in [0.05, 0.1) is 7.11 Å². The first kappa shape index (κ1) is 17.1. The van der Waals surface area contributed by atoms with Gasteiger partial charge in [0.25, 0.3) is 5.91 Å². The number of ether oxygens (including phenoxy) is 1. The third-order valence-corrected chi connectivity index (χ3v) is 3.60. The fourth-order valence-corrected chi connectivity index (χ4v) is 2.01. The summed E-state index contributed by atoms with van der Waals surface area (Å²) in [6.07, 6.45) is 1.41. The Kier molecular flexibility index (Phi) is 5.58. The maximum absolute atomic E-state index is 12.2. The summed E-state index contributed by atoms with van der Waals surface area (Å²) in [7, 11) is 1.57. The van der Waals surface area contributed by atoms with Gasteiger partial charge in [0.2, 0.25) is 0 Å². The number of aryl methyl sites for hydroxylation is 2. The summed E-state index contributed by atoms with van der Waals surface area (Å²) >= 11 is 0. The molecule has 0 aliphatic carbocycles. The minimum absolute atomic E-state index is 0.0101. The van der Waals surface area contributed by atoms with Crippen LogP contribution >= 0.6 is 0 Å². The van der Waals surface area contributed by atoms with E-state index >= 15 is 0 Å². The molecule has 0 heterocycles. The molecule has 0 spiro atoms. The summed E-state index contributed by atoms with van der Waals surface area (Å²) in [6, 6.07) is 14.6. The smallest absolute Gasteiger partial charge is 0.267 e. The lowest BCUT2D eigenvalue weighted by Crippen LogP contribution is -2.14. The fourth-order valence-electron chi connectivity index (χ4n) is 2.01. The van der Waals surface area contributed by atoms with E-state index in [4.69, 9.17) is 4.74 Å². The second kappa shape index (κ2) is 7.84. The number of carbonyl (C=O) groups excluding carboxylic acids is 1. The number of nitriles is 1. The summed E-state index contributed by atoms with van der Waals surface area (Å²) in [5, 5.41) is 14.9. The average Bonchev–Trinajstić information content (AvgIpc) is 2.59. The van der Waals surface area contributed by atoms with Crippen molar-refractivity contribution in [3.8, 4) is 11.8 Å². The van der Waals surface area contributed by atoms with Crippen LogP contribution in [0, 0.1) is 25.2 Å². The van der Waals surface area contributed by atoms with Crippen molar-refractivity contribution in [1.82, 2.24) is 0 Å². The van der Waals surface area contributed by atoms with Gasteiger partial charge in [-0.25, -0.2) is 0 Å². The van der Waals surface area contributed by atoms with Crippen molar-refractivity contribution in [2.75, 3.05) is 17.7 Å². The Labute approximate surface area is 141 Å². The van der Waals surface area contributed by atoms with E-state index in [0.29, 0.717) is 11.4 Å². The van der Waals surface area contributed by atoms with E-state index in [9.17, 15) is 10.1 Å². The molecule has 0 aromatic heterocycles. The number of amides is 1. The van der Waals surface area contributed by atoms with Gasteiger partial charge in [-0.3, -0.25) is 4.79 Å². The van der Waals surface area contributed by atoms with Gasteiger partial charge in [-0.05, 0) is 61.4 Å². The molecule has 2 aromatic carbocycles. The van der Waals surface area contributed by atoms with Crippen LogP contribution < -0.4 is 15.4 Å². The molecule has 0 atom stereocenters. The van der Waals surface area contributed by atoms with Crippen molar-refractivity contribution in [2.45, 2.75) is 13.8 Å². The highest BCUT2D eigenvalue weighted by Crippen LogP contribution is 2.17. The second-order valence-electron chi connectivity index (χ2n) is 5.30. The number of hydrogen-bond acceptors (Lipinski definition) is 4. The van der Waals surface area contributed by atoms with E-state index in [2.05, 4.69) is 10.6 Å². The van der Waals surface area contributed by atoms with Gasteiger partial charge in [0.1, 0.15) is 17.4 Å². The highest BCUT2D eigenvalue weighted by Gasteiger charge is 2.09. The molecule has 2 N–H and O–H groups in total. The molecular formula is C19H19N3O2. The predicted octanol–water partition coefficient (Wildman–Crippen LogP) is 3.77. The highest BCUT2D eigenvalue weighted by molar-refractivity contribution is 6.06. The Morgan fingerprint density at radius 3 is 2.33 bits per heavy atom. The summed E-state index contributed by atoms with van der Waals surface area (Å²) < 4.78 is 5.06. The highest BCUT2D eigenvalue weighted by atomic mass is 16.5. The largest absolute Gasteiger partial charge is 0.497 e. The van der Waals surface area contributed by atoms with Gasteiger partial charge in [0.15, 0.2) is 0 Å². The monoisotopic (exact) mass is 321 g/mol. The van der Waals surface area contributed by atoms with E-state index in [1.807, 2.05) is 38.1 Å². The summed E-state index contributed by atoms with van der Waals surface area (Å²) in [5.74, 6) is 0.222. The lowest BCUT2D eigenvalue weighted by Gasteiger charge is -2.07. The molecular weight excluding hydrogens is 302 g/mol. The number of carbonyl (C=O) groups is 1. The number of nitrogens with zero attached hydrogens (tertiary/aromatic N) is 1. The van der Waals surface area contributed by atoms with Gasteiger partial charge in [-0.2, -0.15) is 5.26 Å². The van der Waals surface area contributed by atoms with Crippen LogP contribution in [0.1, 0.15) is 11.1 Å². The van der Waals surface area contributed by atoms with Crippen LogP contribution in [0.15, 0.2) is 54.2 Å². The Hall–Kier alpha value is -3.26. The predicted molar refractivity (Wildman–Crippen MR) is 94.9 cm³/mol. The SMILES string of the molecule is COc1ccc(NC(=O)/C(C#N)=C\Nc2ccc(C)c(C)c2)cc1. The molecule has 0 saturated carbocycles.